The van der Waals surface area contributed by atoms with Gasteiger partial charge in [0.15, 0.2) is 0 Å². The molecule has 6 heteroatoms. The van der Waals surface area contributed by atoms with Gasteiger partial charge in [-0.2, -0.15) is 0 Å². The summed E-state index contributed by atoms with van der Waals surface area (Å²) in [6.07, 6.45) is 0. The molecule has 104 valence electrons. The van der Waals surface area contributed by atoms with E-state index in [-0.39, 0.29) is 5.91 Å². The third kappa shape index (κ3) is 4.49. The molecule has 1 heterocycles. The Kier molecular flexibility index (Phi) is 5.95. The number of aliphatic carboxylic acids is 1. The highest BCUT2D eigenvalue weighted by Gasteiger charge is 2.26. The second-order valence-corrected chi connectivity index (χ2v) is 6.36. The van der Waals surface area contributed by atoms with E-state index in [1.807, 2.05) is 9.80 Å². The Bertz CT molecular complexity index is 302. The van der Waals surface area contributed by atoms with E-state index in [0.717, 1.165) is 0 Å². The zero-order chi connectivity index (χ0) is 13.7. The topological polar surface area (TPSA) is 60.9 Å². The van der Waals surface area contributed by atoms with E-state index in [9.17, 15) is 9.59 Å². The number of piperazine rings is 1. The molecular formula is C12H22N2O3S. The van der Waals surface area contributed by atoms with Crippen molar-refractivity contribution in [2.45, 2.75) is 32.1 Å². The molecule has 5 nitrogen and oxygen atoms in total. The molecule has 1 rings (SSSR count). The van der Waals surface area contributed by atoms with Gasteiger partial charge in [0.25, 0.3) is 0 Å². The van der Waals surface area contributed by atoms with Gasteiger partial charge in [-0.05, 0) is 12.2 Å². The highest BCUT2D eigenvalue weighted by atomic mass is 32.2. The Hall–Kier alpha value is -0.750. The lowest BCUT2D eigenvalue weighted by Crippen LogP contribution is -2.53. The molecule has 0 aromatic carbocycles. The van der Waals surface area contributed by atoms with E-state index >= 15 is 0 Å². The summed E-state index contributed by atoms with van der Waals surface area (Å²) in [4.78, 5) is 26.5. The molecule has 1 aliphatic heterocycles. The molecule has 1 unspecified atom stereocenters. The predicted molar refractivity (Wildman–Crippen MR) is 72.8 cm³/mol. The zero-order valence-corrected chi connectivity index (χ0v) is 12.1. The van der Waals surface area contributed by atoms with E-state index in [4.69, 9.17) is 5.11 Å². The van der Waals surface area contributed by atoms with Gasteiger partial charge in [0.1, 0.15) is 6.04 Å². The third-order valence-corrected chi connectivity index (χ3v) is 4.19. The minimum absolute atomic E-state index is 0.163. The van der Waals surface area contributed by atoms with Gasteiger partial charge in [0.2, 0.25) is 5.91 Å². The lowest BCUT2D eigenvalue weighted by Gasteiger charge is -2.36. The molecule has 0 aromatic heterocycles. The van der Waals surface area contributed by atoms with Gasteiger partial charge in [-0.3, -0.25) is 14.5 Å². The molecule has 1 aliphatic rings. The average Bonchev–Trinajstić information content (AvgIpc) is 2.35. The highest BCUT2D eigenvalue weighted by molar-refractivity contribution is 8.00. The summed E-state index contributed by atoms with van der Waals surface area (Å²) in [6.45, 7) is 8.39. The van der Waals surface area contributed by atoms with Crippen molar-refractivity contribution >= 4 is 23.6 Å². The second kappa shape index (κ2) is 6.99. The minimum atomic E-state index is -0.801. The molecule has 0 radical (unpaired) electrons. The number of nitrogens with zero attached hydrogens (tertiary/aromatic N) is 2. The highest BCUT2D eigenvalue weighted by Crippen LogP contribution is 2.12. The smallest absolute Gasteiger partial charge is 0.320 e. The maximum Gasteiger partial charge on any atom is 0.320 e. The van der Waals surface area contributed by atoms with Crippen LogP contribution >= 0.6 is 11.8 Å². The summed E-state index contributed by atoms with van der Waals surface area (Å²) in [7, 11) is 0. The fourth-order valence-electron chi connectivity index (χ4n) is 1.84. The van der Waals surface area contributed by atoms with Crippen LogP contribution in [0.3, 0.4) is 0 Å². The molecule has 0 spiro atoms. The Morgan fingerprint density at radius 2 is 1.72 bits per heavy atom. The largest absolute Gasteiger partial charge is 0.480 e. The Labute approximate surface area is 113 Å². The van der Waals surface area contributed by atoms with Crippen molar-refractivity contribution in [1.82, 2.24) is 9.80 Å². The van der Waals surface area contributed by atoms with Crippen LogP contribution in [-0.2, 0) is 9.59 Å². The lowest BCUT2D eigenvalue weighted by atomic mass is 10.2. The number of hydrogen-bond acceptors (Lipinski definition) is 4. The van der Waals surface area contributed by atoms with Crippen LogP contribution in [0.2, 0.25) is 0 Å². The van der Waals surface area contributed by atoms with Crippen LogP contribution in [0.15, 0.2) is 0 Å². The average molecular weight is 274 g/mol. The number of rotatable bonds is 5. The van der Waals surface area contributed by atoms with E-state index in [1.54, 1.807) is 18.7 Å². The van der Waals surface area contributed by atoms with Gasteiger partial charge in [-0.15, -0.1) is 11.8 Å². The van der Waals surface area contributed by atoms with E-state index in [0.29, 0.717) is 37.2 Å². The van der Waals surface area contributed by atoms with Gasteiger partial charge >= 0.3 is 5.97 Å². The number of thioether (sulfide) groups is 1. The van der Waals surface area contributed by atoms with Crippen LogP contribution in [-0.4, -0.2) is 70.0 Å². The monoisotopic (exact) mass is 274 g/mol. The first-order valence-corrected chi connectivity index (χ1v) is 7.33. The standard InChI is InChI=1S/C12H22N2O3S/c1-9(2)18-8-11(15)14-6-4-13(5-7-14)10(3)12(16)17/h9-10H,4-8H2,1-3H3,(H,16,17). The first-order valence-electron chi connectivity index (χ1n) is 6.28. The fourth-order valence-corrected chi connectivity index (χ4v) is 2.50. The van der Waals surface area contributed by atoms with Crippen LogP contribution < -0.4 is 0 Å². The molecule has 1 saturated heterocycles. The normalized spacial score (nSPS) is 19.0. The van der Waals surface area contributed by atoms with Crippen LogP contribution in [0.25, 0.3) is 0 Å². The summed E-state index contributed by atoms with van der Waals surface area (Å²) in [5.74, 6) is -0.118. The molecule has 0 aliphatic carbocycles. The molecule has 1 atom stereocenters. The molecule has 1 N–H and O–H groups in total. The van der Waals surface area contributed by atoms with Gasteiger partial charge in [0, 0.05) is 26.2 Å². The minimum Gasteiger partial charge on any atom is -0.480 e. The Balaban J connectivity index is 2.35. The Morgan fingerprint density at radius 1 is 1.17 bits per heavy atom. The van der Waals surface area contributed by atoms with Gasteiger partial charge in [-0.25, -0.2) is 0 Å². The van der Waals surface area contributed by atoms with Crippen molar-refractivity contribution in [3.05, 3.63) is 0 Å². The van der Waals surface area contributed by atoms with Crippen LogP contribution in [0.5, 0.6) is 0 Å². The molecule has 18 heavy (non-hydrogen) atoms. The maximum absolute atomic E-state index is 11.9. The van der Waals surface area contributed by atoms with Gasteiger partial charge in [-0.1, -0.05) is 13.8 Å². The van der Waals surface area contributed by atoms with Crippen LogP contribution in [0.1, 0.15) is 20.8 Å². The van der Waals surface area contributed by atoms with E-state index < -0.39 is 12.0 Å². The Morgan fingerprint density at radius 3 is 2.17 bits per heavy atom. The summed E-state index contributed by atoms with van der Waals surface area (Å²) in [6, 6.07) is -0.465. The van der Waals surface area contributed by atoms with Gasteiger partial charge in [0.05, 0.1) is 5.75 Å². The molecular weight excluding hydrogens is 252 g/mol. The number of carbonyl (C=O) groups is 2. The number of hydrogen-bond donors (Lipinski definition) is 1. The second-order valence-electron chi connectivity index (χ2n) is 4.79. The fraction of sp³-hybridized carbons (Fsp3) is 0.833. The maximum atomic E-state index is 11.9. The third-order valence-electron chi connectivity index (χ3n) is 3.11. The predicted octanol–water partition coefficient (Wildman–Crippen LogP) is 0.745. The van der Waals surface area contributed by atoms with Crippen molar-refractivity contribution in [3.8, 4) is 0 Å². The molecule has 0 bridgehead atoms. The first kappa shape index (κ1) is 15.3. The number of amides is 1. The molecule has 1 amide bonds. The summed E-state index contributed by atoms with van der Waals surface area (Å²) >= 11 is 1.65. The molecule has 0 aromatic rings. The number of carbonyl (C=O) groups excluding carboxylic acids is 1. The first-order chi connectivity index (χ1) is 8.41. The van der Waals surface area contributed by atoms with Crippen molar-refractivity contribution < 1.29 is 14.7 Å². The molecule has 1 fully saturated rings. The summed E-state index contributed by atoms with van der Waals surface area (Å²) in [5.41, 5.74) is 0. The van der Waals surface area contributed by atoms with Crippen molar-refractivity contribution in [3.63, 3.8) is 0 Å². The zero-order valence-electron chi connectivity index (χ0n) is 11.3. The number of carboxylic acids is 1. The van der Waals surface area contributed by atoms with E-state index in [2.05, 4.69) is 13.8 Å². The number of carboxylic acid groups (broad SMARTS) is 1. The van der Waals surface area contributed by atoms with Crippen molar-refractivity contribution in [1.29, 1.82) is 0 Å². The molecule has 0 saturated carbocycles. The summed E-state index contributed by atoms with van der Waals surface area (Å²) in [5, 5.41) is 9.39. The van der Waals surface area contributed by atoms with Crippen molar-refractivity contribution in [2.75, 3.05) is 31.9 Å². The lowest BCUT2D eigenvalue weighted by molar-refractivity contribution is -0.143. The van der Waals surface area contributed by atoms with Crippen LogP contribution in [0, 0.1) is 0 Å². The van der Waals surface area contributed by atoms with Crippen molar-refractivity contribution in [2.24, 2.45) is 0 Å². The summed E-state index contributed by atoms with van der Waals surface area (Å²) < 4.78 is 0. The van der Waals surface area contributed by atoms with Crippen LogP contribution in [0.4, 0.5) is 0 Å². The SMILES string of the molecule is CC(C)SCC(=O)N1CCN(C(C)C(=O)O)CC1. The van der Waals surface area contributed by atoms with E-state index in [1.165, 1.54) is 0 Å². The quantitative estimate of drug-likeness (QED) is 0.801. The van der Waals surface area contributed by atoms with Gasteiger partial charge < -0.3 is 10.0 Å².